The largest absolute Gasteiger partial charge is 0.350 e. The monoisotopic (exact) mass is 403 g/mol. The molecule has 0 saturated carbocycles. The number of halogens is 1. The van der Waals surface area contributed by atoms with E-state index in [2.05, 4.69) is 5.32 Å². The molecule has 7 heteroatoms. The summed E-state index contributed by atoms with van der Waals surface area (Å²) in [7, 11) is -3.70. The molecule has 0 aliphatic heterocycles. The third-order valence-corrected chi connectivity index (χ3v) is 7.70. The van der Waals surface area contributed by atoms with E-state index in [9.17, 15) is 17.6 Å². The summed E-state index contributed by atoms with van der Waals surface area (Å²) in [6.45, 7) is 1.75. The molecule has 2 aromatic carbocycles. The van der Waals surface area contributed by atoms with Crippen LogP contribution in [-0.2, 0) is 9.84 Å². The summed E-state index contributed by atoms with van der Waals surface area (Å²) in [6.07, 6.45) is 0. The first-order valence-corrected chi connectivity index (χ1v) is 10.7. The lowest BCUT2D eigenvalue weighted by Gasteiger charge is -2.18. The van der Waals surface area contributed by atoms with Gasteiger partial charge in [-0.3, -0.25) is 4.79 Å². The van der Waals surface area contributed by atoms with Crippen molar-refractivity contribution in [3.05, 3.63) is 88.6 Å². The molecule has 0 spiro atoms. The SMILES string of the molecule is Cc1ccc([C@H](CNC(=O)c2ccccc2F)S(=O)(=O)c2cccs2)cc1. The Morgan fingerprint density at radius 3 is 2.41 bits per heavy atom. The fourth-order valence-corrected chi connectivity index (χ4v) is 5.55. The van der Waals surface area contributed by atoms with Crippen molar-refractivity contribution in [2.75, 3.05) is 6.54 Å². The molecule has 140 valence electrons. The molecule has 1 aromatic heterocycles. The van der Waals surface area contributed by atoms with Gasteiger partial charge in [-0.2, -0.15) is 0 Å². The van der Waals surface area contributed by atoms with Gasteiger partial charge >= 0.3 is 0 Å². The van der Waals surface area contributed by atoms with Gasteiger partial charge in [0.15, 0.2) is 9.84 Å². The number of sulfone groups is 1. The number of hydrogen-bond donors (Lipinski definition) is 1. The number of benzene rings is 2. The second kappa shape index (κ2) is 8.02. The Labute approximate surface area is 161 Å². The molecule has 27 heavy (non-hydrogen) atoms. The van der Waals surface area contributed by atoms with E-state index in [-0.39, 0.29) is 16.3 Å². The van der Waals surface area contributed by atoms with Crippen molar-refractivity contribution in [2.45, 2.75) is 16.4 Å². The molecule has 1 heterocycles. The average Bonchev–Trinajstić information content (AvgIpc) is 3.19. The first-order valence-electron chi connectivity index (χ1n) is 8.26. The predicted octanol–water partition coefficient (Wildman–Crippen LogP) is 4.14. The summed E-state index contributed by atoms with van der Waals surface area (Å²) >= 11 is 1.13. The Morgan fingerprint density at radius 1 is 1.07 bits per heavy atom. The smallest absolute Gasteiger partial charge is 0.254 e. The summed E-state index contributed by atoms with van der Waals surface area (Å²) in [5.41, 5.74) is 1.46. The summed E-state index contributed by atoms with van der Waals surface area (Å²) in [5, 5.41) is 3.29. The van der Waals surface area contributed by atoms with Gasteiger partial charge in [-0.25, -0.2) is 12.8 Å². The zero-order valence-corrected chi connectivity index (χ0v) is 16.2. The molecule has 4 nitrogen and oxygen atoms in total. The van der Waals surface area contributed by atoms with Crippen LogP contribution in [0.3, 0.4) is 0 Å². The summed E-state index contributed by atoms with van der Waals surface area (Å²) in [4.78, 5) is 12.3. The summed E-state index contributed by atoms with van der Waals surface area (Å²) in [6, 6.07) is 15.9. The highest BCUT2D eigenvalue weighted by molar-refractivity contribution is 7.93. The molecule has 1 amide bonds. The number of rotatable bonds is 6. The van der Waals surface area contributed by atoms with E-state index in [4.69, 9.17) is 0 Å². The topological polar surface area (TPSA) is 63.2 Å². The third kappa shape index (κ3) is 4.26. The molecule has 0 saturated heterocycles. The molecule has 0 bridgehead atoms. The normalized spacial score (nSPS) is 12.5. The zero-order valence-electron chi connectivity index (χ0n) is 14.6. The lowest BCUT2D eigenvalue weighted by Crippen LogP contribution is -2.32. The molecule has 3 rings (SSSR count). The van der Waals surface area contributed by atoms with E-state index < -0.39 is 26.8 Å². The second-order valence-electron chi connectivity index (χ2n) is 6.07. The first-order chi connectivity index (χ1) is 12.9. The minimum atomic E-state index is -3.70. The van der Waals surface area contributed by atoms with Crippen LogP contribution >= 0.6 is 11.3 Å². The van der Waals surface area contributed by atoms with Crippen molar-refractivity contribution in [1.29, 1.82) is 0 Å². The number of aryl methyl sites for hydroxylation is 1. The minimum Gasteiger partial charge on any atom is -0.350 e. The van der Waals surface area contributed by atoms with E-state index in [1.807, 2.05) is 19.1 Å². The van der Waals surface area contributed by atoms with Gasteiger partial charge in [-0.05, 0) is 36.1 Å². The molecule has 0 aliphatic rings. The second-order valence-corrected chi connectivity index (χ2v) is 9.37. The molecular formula is C20H18FNO3S2. The number of nitrogens with one attached hydrogen (secondary N) is 1. The predicted molar refractivity (Wildman–Crippen MR) is 104 cm³/mol. The fourth-order valence-electron chi connectivity index (χ4n) is 2.68. The molecule has 1 atom stereocenters. The maximum Gasteiger partial charge on any atom is 0.254 e. The minimum absolute atomic E-state index is 0.117. The highest BCUT2D eigenvalue weighted by Crippen LogP contribution is 2.31. The van der Waals surface area contributed by atoms with Gasteiger partial charge in [0.1, 0.15) is 15.3 Å². The van der Waals surface area contributed by atoms with Crippen molar-refractivity contribution in [3.8, 4) is 0 Å². The van der Waals surface area contributed by atoms with Gasteiger partial charge in [0.25, 0.3) is 5.91 Å². The zero-order chi connectivity index (χ0) is 19.4. The highest BCUT2D eigenvalue weighted by Gasteiger charge is 2.30. The number of amides is 1. The van der Waals surface area contributed by atoms with Crippen LogP contribution in [-0.4, -0.2) is 20.9 Å². The van der Waals surface area contributed by atoms with Gasteiger partial charge in [0.05, 0.1) is 5.56 Å². The van der Waals surface area contributed by atoms with E-state index in [1.165, 1.54) is 18.2 Å². The standard InChI is InChI=1S/C20H18FNO3S2/c1-14-8-10-15(11-9-14)18(27(24,25)19-7-4-12-26-19)13-22-20(23)16-5-2-3-6-17(16)21/h2-12,18H,13H2,1H3,(H,22,23)/t18-/m0/s1. The third-order valence-electron chi connectivity index (χ3n) is 4.17. The molecule has 3 aromatic rings. The van der Waals surface area contributed by atoms with Crippen LogP contribution in [0.25, 0.3) is 0 Å². The number of thiophene rings is 1. The Morgan fingerprint density at radius 2 is 1.78 bits per heavy atom. The van der Waals surface area contributed by atoms with Crippen molar-refractivity contribution < 1.29 is 17.6 Å². The lowest BCUT2D eigenvalue weighted by atomic mass is 10.1. The van der Waals surface area contributed by atoms with Gasteiger partial charge < -0.3 is 5.32 Å². The Bertz CT molecular complexity index is 1030. The van der Waals surface area contributed by atoms with Crippen LogP contribution in [0, 0.1) is 12.7 Å². The van der Waals surface area contributed by atoms with Crippen molar-refractivity contribution in [1.82, 2.24) is 5.32 Å². The van der Waals surface area contributed by atoms with Crippen LogP contribution in [0.15, 0.2) is 70.3 Å². The quantitative estimate of drug-likeness (QED) is 0.673. The van der Waals surface area contributed by atoms with E-state index in [1.54, 1.807) is 35.7 Å². The summed E-state index contributed by atoms with van der Waals surface area (Å²) < 4.78 is 40.2. The summed E-state index contributed by atoms with van der Waals surface area (Å²) in [5.74, 6) is -1.30. The van der Waals surface area contributed by atoms with Crippen LogP contribution in [0.4, 0.5) is 4.39 Å². The number of carbonyl (C=O) groups is 1. The molecule has 0 fully saturated rings. The van der Waals surface area contributed by atoms with Crippen LogP contribution in [0.1, 0.15) is 26.7 Å². The van der Waals surface area contributed by atoms with Crippen molar-refractivity contribution in [3.63, 3.8) is 0 Å². The van der Waals surface area contributed by atoms with E-state index in [0.29, 0.717) is 5.56 Å². The number of hydrogen-bond acceptors (Lipinski definition) is 4. The molecule has 0 aliphatic carbocycles. The maximum absolute atomic E-state index is 13.8. The highest BCUT2D eigenvalue weighted by atomic mass is 32.2. The first kappa shape index (κ1) is 19.3. The van der Waals surface area contributed by atoms with Crippen LogP contribution in [0.5, 0.6) is 0 Å². The van der Waals surface area contributed by atoms with Crippen molar-refractivity contribution >= 4 is 27.1 Å². The van der Waals surface area contributed by atoms with E-state index in [0.717, 1.165) is 16.9 Å². The Balaban J connectivity index is 1.90. The van der Waals surface area contributed by atoms with Crippen LogP contribution in [0.2, 0.25) is 0 Å². The Kier molecular flexibility index (Phi) is 5.72. The lowest BCUT2D eigenvalue weighted by molar-refractivity contribution is 0.0949. The van der Waals surface area contributed by atoms with Gasteiger partial charge in [0, 0.05) is 6.54 Å². The maximum atomic E-state index is 13.8. The van der Waals surface area contributed by atoms with Crippen molar-refractivity contribution in [2.24, 2.45) is 0 Å². The van der Waals surface area contributed by atoms with Gasteiger partial charge in [-0.15, -0.1) is 11.3 Å². The molecule has 1 N–H and O–H groups in total. The molecule has 0 radical (unpaired) electrons. The average molecular weight is 404 g/mol. The van der Waals surface area contributed by atoms with Gasteiger partial charge in [-0.1, -0.05) is 48.0 Å². The number of carbonyl (C=O) groups excluding carboxylic acids is 1. The van der Waals surface area contributed by atoms with Gasteiger partial charge in [0.2, 0.25) is 0 Å². The van der Waals surface area contributed by atoms with E-state index >= 15 is 0 Å². The molecular weight excluding hydrogens is 385 g/mol. The Hall–Kier alpha value is -2.51. The molecule has 0 unspecified atom stereocenters. The fraction of sp³-hybridized carbons (Fsp3) is 0.150. The van der Waals surface area contributed by atoms with Crippen LogP contribution < -0.4 is 5.32 Å².